The molecule has 0 radical (unpaired) electrons. The molecule has 2 aromatic heterocycles. The normalized spacial score (nSPS) is 12.7. The van der Waals surface area contributed by atoms with Gasteiger partial charge >= 0.3 is 0 Å². The summed E-state index contributed by atoms with van der Waals surface area (Å²) in [6.07, 6.45) is 3.70. The molecule has 0 saturated carbocycles. The number of thiazole rings is 1. The number of thioether (sulfide) groups is 1. The van der Waals surface area contributed by atoms with Crippen molar-refractivity contribution in [3.05, 3.63) is 17.5 Å². The van der Waals surface area contributed by atoms with Crippen LogP contribution in [0.1, 0.15) is 25.1 Å². The zero-order chi connectivity index (χ0) is 14.1. The first-order valence-electron chi connectivity index (χ1n) is 6.43. The lowest BCUT2D eigenvalue weighted by atomic mass is 10.00. The van der Waals surface area contributed by atoms with Crippen LogP contribution in [0.3, 0.4) is 0 Å². The van der Waals surface area contributed by atoms with E-state index in [1.165, 1.54) is 18.3 Å². The van der Waals surface area contributed by atoms with E-state index < -0.39 is 0 Å². The second-order valence-electron chi connectivity index (χ2n) is 4.44. The van der Waals surface area contributed by atoms with Gasteiger partial charge in [-0.15, -0.1) is 0 Å². The fourth-order valence-electron chi connectivity index (χ4n) is 2.13. The molecule has 20 heavy (non-hydrogen) atoms. The molecule has 1 aliphatic carbocycles. The first-order chi connectivity index (χ1) is 9.67. The van der Waals surface area contributed by atoms with Gasteiger partial charge in [-0.2, -0.15) is 0 Å². The van der Waals surface area contributed by atoms with E-state index in [1.807, 2.05) is 6.20 Å². The molecule has 1 aliphatic rings. The van der Waals surface area contributed by atoms with Crippen molar-refractivity contribution >= 4 is 34.1 Å². The van der Waals surface area contributed by atoms with Gasteiger partial charge in [-0.3, -0.25) is 4.79 Å². The van der Waals surface area contributed by atoms with Gasteiger partial charge in [0.25, 0.3) is 0 Å². The molecule has 5 nitrogen and oxygen atoms in total. The Morgan fingerprint density at radius 3 is 3.05 bits per heavy atom. The molecular weight excluding hydrogens is 292 g/mol. The van der Waals surface area contributed by atoms with Crippen molar-refractivity contribution < 1.29 is 4.79 Å². The number of hydrogen-bond donors (Lipinski definition) is 1. The van der Waals surface area contributed by atoms with Crippen LogP contribution in [0.5, 0.6) is 0 Å². The number of aryl methyl sites for hydroxylation is 2. The minimum atomic E-state index is -0.0961. The first kappa shape index (κ1) is 13.5. The van der Waals surface area contributed by atoms with Crippen molar-refractivity contribution in [3.8, 4) is 10.6 Å². The van der Waals surface area contributed by atoms with Crippen LogP contribution < -0.4 is 5.32 Å². The van der Waals surface area contributed by atoms with Crippen LogP contribution in [0.2, 0.25) is 0 Å². The zero-order valence-corrected chi connectivity index (χ0v) is 12.9. The number of fused-ring (bicyclic) bond motifs is 3. The second kappa shape index (κ2) is 5.49. The lowest BCUT2D eigenvalue weighted by Crippen LogP contribution is -2.07. The van der Waals surface area contributed by atoms with Crippen molar-refractivity contribution in [2.45, 2.75) is 31.8 Å². The third-order valence-corrected chi connectivity index (χ3v) is 4.71. The zero-order valence-electron chi connectivity index (χ0n) is 11.3. The molecule has 2 aromatic rings. The van der Waals surface area contributed by atoms with Crippen LogP contribution in [0, 0.1) is 0 Å². The molecule has 0 bridgehead atoms. The largest absolute Gasteiger partial charge is 0.302 e. The number of rotatable bonds is 3. The van der Waals surface area contributed by atoms with E-state index in [9.17, 15) is 4.79 Å². The highest BCUT2D eigenvalue weighted by Gasteiger charge is 2.23. The van der Waals surface area contributed by atoms with Crippen LogP contribution in [0.25, 0.3) is 10.6 Å². The van der Waals surface area contributed by atoms with Gasteiger partial charge in [0, 0.05) is 13.1 Å². The SMILES string of the molecule is CCSc1ncc2c(n1)-c1sc(NC(C)=O)nc1CC2. The molecule has 0 spiro atoms. The van der Waals surface area contributed by atoms with Crippen molar-refractivity contribution in [2.75, 3.05) is 11.1 Å². The van der Waals surface area contributed by atoms with Gasteiger partial charge in [0.15, 0.2) is 10.3 Å². The second-order valence-corrected chi connectivity index (χ2v) is 6.67. The predicted molar refractivity (Wildman–Crippen MR) is 81.2 cm³/mol. The van der Waals surface area contributed by atoms with Crippen molar-refractivity contribution in [1.29, 1.82) is 0 Å². The lowest BCUT2D eigenvalue weighted by Gasteiger charge is -2.13. The minimum Gasteiger partial charge on any atom is -0.302 e. The maximum Gasteiger partial charge on any atom is 0.223 e. The summed E-state index contributed by atoms with van der Waals surface area (Å²) in [4.78, 5) is 25.7. The topological polar surface area (TPSA) is 67.8 Å². The first-order valence-corrected chi connectivity index (χ1v) is 8.24. The van der Waals surface area contributed by atoms with E-state index in [-0.39, 0.29) is 5.91 Å². The molecule has 2 heterocycles. The Morgan fingerprint density at radius 2 is 2.30 bits per heavy atom. The van der Waals surface area contributed by atoms with E-state index in [0.717, 1.165) is 45.6 Å². The summed E-state index contributed by atoms with van der Waals surface area (Å²) >= 11 is 3.12. The summed E-state index contributed by atoms with van der Waals surface area (Å²) < 4.78 is 0. The third kappa shape index (κ3) is 2.55. The molecule has 0 fully saturated rings. The van der Waals surface area contributed by atoms with Crippen LogP contribution in [-0.2, 0) is 17.6 Å². The van der Waals surface area contributed by atoms with Crippen LogP contribution >= 0.6 is 23.1 Å². The number of amides is 1. The van der Waals surface area contributed by atoms with Crippen molar-refractivity contribution in [2.24, 2.45) is 0 Å². The van der Waals surface area contributed by atoms with Crippen LogP contribution in [0.4, 0.5) is 5.13 Å². The molecule has 0 aliphatic heterocycles. The number of nitrogens with zero attached hydrogens (tertiary/aromatic N) is 3. The number of hydrogen-bond acceptors (Lipinski definition) is 6. The Bertz CT molecular complexity index is 668. The molecule has 1 N–H and O–H groups in total. The summed E-state index contributed by atoms with van der Waals surface area (Å²) in [5.41, 5.74) is 3.17. The van der Waals surface area contributed by atoms with Crippen molar-refractivity contribution in [1.82, 2.24) is 15.0 Å². The number of nitrogens with one attached hydrogen (secondary N) is 1. The lowest BCUT2D eigenvalue weighted by molar-refractivity contribution is -0.114. The van der Waals surface area contributed by atoms with Gasteiger partial charge in [-0.25, -0.2) is 15.0 Å². The number of aromatic nitrogens is 3. The summed E-state index contributed by atoms with van der Waals surface area (Å²) in [6.45, 7) is 3.58. The summed E-state index contributed by atoms with van der Waals surface area (Å²) in [6, 6.07) is 0. The molecule has 0 unspecified atom stereocenters. The van der Waals surface area contributed by atoms with Gasteiger partial charge < -0.3 is 5.32 Å². The van der Waals surface area contributed by atoms with Crippen molar-refractivity contribution in [3.63, 3.8) is 0 Å². The smallest absolute Gasteiger partial charge is 0.223 e. The fourth-order valence-corrected chi connectivity index (χ4v) is 3.76. The van der Waals surface area contributed by atoms with Gasteiger partial charge in [0.2, 0.25) is 5.91 Å². The molecule has 1 amide bonds. The van der Waals surface area contributed by atoms with Crippen LogP contribution in [-0.4, -0.2) is 26.6 Å². The predicted octanol–water partition coefficient (Wildman–Crippen LogP) is 2.77. The maximum absolute atomic E-state index is 11.1. The van der Waals surface area contributed by atoms with Gasteiger partial charge in [0.1, 0.15) is 0 Å². The highest BCUT2D eigenvalue weighted by atomic mass is 32.2. The molecule has 3 rings (SSSR count). The molecule has 7 heteroatoms. The fraction of sp³-hybridized carbons (Fsp3) is 0.385. The molecule has 0 aromatic carbocycles. The number of carbonyl (C=O) groups excluding carboxylic acids is 1. The highest BCUT2D eigenvalue weighted by Crippen LogP contribution is 2.38. The third-order valence-electron chi connectivity index (χ3n) is 2.94. The maximum atomic E-state index is 11.1. The van der Waals surface area contributed by atoms with E-state index in [1.54, 1.807) is 11.8 Å². The molecule has 0 saturated heterocycles. The standard InChI is InChI=1S/C13H14N4OS2/c1-3-19-12-14-6-8-4-5-9-11(10(8)17-12)20-13(16-9)15-7(2)18/h6H,3-5H2,1-2H3,(H,15,16,18). The average Bonchev–Trinajstić information content (AvgIpc) is 2.81. The Labute approximate surface area is 125 Å². The molecule has 104 valence electrons. The highest BCUT2D eigenvalue weighted by molar-refractivity contribution is 7.99. The van der Waals surface area contributed by atoms with E-state index >= 15 is 0 Å². The van der Waals surface area contributed by atoms with Gasteiger partial charge in [-0.1, -0.05) is 30.0 Å². The molecule has 0 atom stereocenters. The monoisotopic (exact) mass is 306 g/mol. The van der Waals surface area contributed by atoms with E-state index in [2.05, 4.69) is 27.2 Å². The average molecular weight is 306 g/mol. The summed E-state index contributed by atoms with van der Waals surface area (Å²) in [7, 11) is 0. The number of anilines is 1. The summed E-state index contributed by atoms with van der Waals surface area (Å²) in [5, 5.41) is 4.20. The Morgan fingerprint density at radius 1 is 1.45 bits per heavy atom. The Balaban J connectivity index is 2.02. The Hall–Kier alpha value is -1.47. The van der Waals surface area contributed by atoms with Gasteiger partial charge in [-0.05, 0) is 24.2 Å². The van der Waals surface area contributed by atoms with Gasteiger partial charge in [0.05, 0.1) is 16.3 Å². The number of carbonyl (C=O) groups is 1. The molecular formula is C13H14N4OS2. The quantitative estimate of drug-likeness (QED) is 0.697. The summed E-state index contributed by atoms with van der Waals surface area (Å²) in [5.74, 6) is 0.854. The minimum absolute atomic E-state index is 0.0961. The Kier molecular flexibility index (Phi) is 3.71. The van der Waals surface area contributed by atoms with Crippen LogP contribution in [0.15, 0.2) is 11.4 Å². The van der Waals surface area contributed by atoms with E-state index in [4.69, 9.17) is 0 Å². The van der Waals surface area contributed by atoms with E-state index in [0.29, 0.717) is 5.13 Å².